The molecule has 5 heteroatoms. The molecule has 0 spiro atoms. The highest BCUT2D eigenvalue weighted by molar-refractivity contribution is 6.30. The second-order valence-electron chi connectivity index (χ2n) is 3.34. The number of ether oxygens (including phenoxy) is 1. The third kappa shape index (κ3) is 2.90. The molecule has 0 aliphatic rings. The van der Waals surface area contributed by atoms with Gasteiger partial charge in [-0.2, -0.15) is 5.10 Å². The molecule has 0 unspecified atom stereocenters. The summed E-state index contributed by atoms with van der Waals surface area (Å²) in [6.45, 7) is 1.18. The Morgan fingerprint density at radius 2 is 2.31 bits per heavy atom. The fraction of sp³-hybridized carbons (Fsp3) is 0.182. The van der Waals surface area contributed by atoms with Crippen LogP contribution in [-0.2, 0) is 6.54 Å². The van der Waals surface area contributed by atoms with Crippen LogP contribution in [0.15, 0.2) is 36.7 Å². The number of benzene rings is 1. The third-order valence-electron chi connectivity index (χ3n) is 2.05. The summed E-state index contributed by atoms with van der Waals surface area (Å²) in [5.41, 5.74) is 6.32. The lowest BCUT2D eigenvalue weighted by Gasteiger charge is -2.06. The second kappa shape index (κ2) is 4.90. The van der Waals surface area contributed by atoms with Crippen molar-refractivity contribution in [3.63, 3.8) is 0 Å². The van der Waals surface area contributed by atoms with Gasteiger partial charge in [0.15, 0.2) is 0 Å². The first-order valence-electron chi connectivity index (χ1n) is 4.90. The number of hydrogen-bond acceptors (Lipinski definition) is 3. The van der Waals surface area contributed by atoms with Crippen molar-refractivity contribution in [3.05, 3.63) is 41.7 Å². The summed E-state index contributed by atoms with van der Waals surface area (Å²) in [5.74, 6) is 0.762. The van der Waals surface area contributed by atoms with Gasteiger partial charge in [0.25, 0.3) is 0 Å². The first kappa shape index (κ1) is 10.8. The molecule has 4 nitrogen and oxygen atoms in total. The van der Waals surface area contributed by atoms with Crippen LogP contribution < -0.4 is 10.5 Å². The summed E-state index contributed by atoms with van der Waals surface area (Å²) in [6.07, 6.45) is 3.35. The highest BCUT2D eigenvalue weighted by atomic mass is 35.5. The molecule has 16 heavy (non-hydrogen) atoms. The number of hydrogen-bond donors (Lipinski definition) is 1. The predicted octanol–water partition coefficient (Wildman–Crippen LogP) is 2.20. The van der Waals surface area contributed by atoms with Crippen molar-refractivity contribution in [2.75, 3.05) is 12.3 Å². The van der Waals surface area contributed by atoms with Gasteiger partial charge >= 0.3 is 0 Å². The monoisotopic (exact) mass is 237 g/mol. The summed E-state index contributed by atoms with van der Waals surface area (Å²) in [6, 6.07) is 7.33. The van der Waals surface area contributed by atoms with Gasteiger partial charge in [-0.1, -0.05) is 17.7 Å². The Labute approximate surface area is 98.6 Å². The van der Waals surface area contributed by atoms with Crippen LogP contribution in [0.2, 0.25) is 5.02 Å². The molecule has 1 aromatic heterocycles. The fourth-order valence-electron chi connectivity index (χ4n) is 1.32. The van der Waals surface area contributed by atoms with Gasteiger partial charge in [0.05, 0.1) is 17.8 Å². The van der Waals surface area contributed by atoms with Crippen LogP contribution in [-0.4, -0.2) is 16.4 Å². The zero-order valence-electron chi connectivity index (χ0n) is 8.64. The molecule has 2 N–H and O–H groups in total. The molecular formula is C11H12ClN3O. The summed E-state index contributed by atoms with van der Waals surface area (Å²) in [4.78, 5) is 0. The van der Waals surface area contributed by atoms with E-state index in [2.05, 4.69) is 5.10 Å². The van der Waals surface area contributed by atoms with Gasteiger partial charge in [-0.3, -0.25) is 4.68 Å². The Balaban J connectivity index is 1.84. The average Bonchev–Trinajstić information content (AvgIpc) is 2.64. The Bertz CT molecular complexity index is 470. The molecule has 0 amide bonds. The van der Waals surface area contributed by atoms with Gasteiger partial charge in [0.2, 0.25) is 0 Å². The molecule has 0 radical (unpaired) electrons. The van der Waals surface area contributed by atoms with E-state index in [1.165, 1.54) is 0 Å². The predicted molar refractivity (Wildman–Crippen MR) is 63.6 cm³/mol. The van der Waals surface area contributed by atoms with Gasteiger partial charge in [-0.05, 0) is 12.1 Å². The highest BCUT2D eigenvalue weighted by Crippen LogP contribution is 2.14. The number of aromatic nitrogens is 2. The molecule has 2 aromatic rings. The van der Waals surface area contributed by atoms with Crippen LogP contribution >= 0.6 is 11.6 Å². The lowest BCUT2D eigenvalue weighted by Crippen LogP contribution is -2.08. The lowest BCUT2D eigenvalue weighted by molar-refractivity contribution is 0.291. The zero-order chi connectivity index (χ0) is 11.4. The second-order valence-corrected chi connectivity index (χ2v) is 3.78. The van der Waals surface area contributed by atoms with E-state index in [9.17, 15) is 0 Å². The summed E-state index contributed by atoms with van der Waals surface area (Å²) in [5, 5.41) is 4.67. The van der Waals surface area contributed by atoms with Gasteiger partial charge in [-0.15, -0.1) is 0 Å². The molecule has 0 fully saturated rings. The minimum Gasteiger partial charge on any atom is -0.492 e. The van der Waals surface area contributed by atoms with Crippen LogP contribution in [0.5, 0.6) is 5.75 Å². The van der Waals surface area contributed by atoms with Crippen molar-refractivity contribution in [3.8, 4) is 5.75 Å². The Morgan fingerprint density at radius 3 is 3.00 bits per heavy atom. The minimum absolute atomic E-state index is 0.529. The van der Waals surface area contributed by atoms with Crippen LogP contribution in [0, 0.1) is 0 Å². The molecule has 1 heterocycles. The zero-order valence-corrected chi connectivity index (χ0v) is 9.39. The maximum absolute atomic E-state index is 5.74. The van der Waals surface area contributed by atoms with Gasteiger partial charge in [-0.25, -0.2) is 0 Å². The lowest BCUT2D eigenvalue weighted by atomic mass is 10.3. The number of rotatable bonds is 4. The molecular weight excluding hydrogens is 226 g/mol. The highest BCUT2D eigenvalue weighted by Gasteiger charge is 1.97. The van der Waals surface area contributed by atoms with E-state index >= 15 is 0 Å². The van der Waals surface area contributed by atoms with Gasteiger partial charge in [0, 0.05) is 18.0 Å². The topological polar surface area (TPSA) is 53.1 Å². The van der Waals surface area contributed by atoms with Crippen LogP contribution in [0.4, 0.5) is 5.69 Å². The van der Waals surface area contributed by atoms with Crippen molar-refractivity contribution < 1.29 is 4.74 Å². The molecule has 0 bridgehead atoms. The normalized spacial score (nSPS) is 10.3. The maximum atomic E-state index is 5.74. The molecule has 2 rings (SSSR count). The average molecular weight is 238 g/mol. The smallest absolute Gasteiger partial charge is 0.121 e. The van der Waals surface area contributed by atoms with E-state index in [0.29, 0.717) is 23.9 Å². The SMILES string of the molecule is Nc1cccc(OCCn2cc(Cl)cn2)c1. The Morgan fingerprint density at radius 1 is 1.44 bits per heavy atom. The van der Waals surface area contributed by atoms with Gasteiger partial charge in [0.1, 0.15) is 12.4 Å². The first-order valence-corrected chi connectivity index (χ1v) is 5.28. The van der Waals surface area contributed by atoms with Crippen molar-refractivity contribution in [1.82, 2.24) is 9.78 Å². The number of nitrogen functional groups attached to an aromatic ring is 1. The van der Waals surface area contributed by atoms with Crippen molar-refractivity contribution in [2.24, 2.45) is 0 Å². The van der Waals surface area contributed by atoms with E-state index in [1.54, 1.807) is 23.1 Å². The molecule has 1 aromatic carbocycles. The summed E-state index contributed by atoms with van der Waals surface area (Å²) < 4.78 is 7.25. The minimum atomic E-state index is 0.529. The molecule has 0 saturated heterocycles. The molecule has 84 valence electrons. The summed E-state index contributed by atoms with van der Waals surface area (Å²) in [7, 11) is 0. The Kier molecular flexibility index (Phi) is 3.31. The number of anilines is 1. The van der Waals surface area contributed by atoms with Crippen molar-refractivity contribution in [1.29, 1.82) is 0 Å². The maximum Gasteiger partial charge on any atom is 0.121 e. The largest absolute Gasteiger partial charge is 0.492 e. The van der Waals surface area contributed by atoms with Crippen LogP contribution in [0.25, 0.3) is 0 Å². The first-order chi connectivity index (χ1) is 7.74. The molecule has 0 aliphatic heterocycles. The number of nitrogens with zero attached hydrogens (tertiary/aromatic N) is 2. The number of halogens is 1. The van der Waals surface area contributed by atoms with E-state index < -0.39 is 0 Å². The van der Waals surface area contributed by atoms with Gasteiger partial charge < -0.3 is 10.5 Å². The molecule has 0 saturated carbocycles. The van der Waals surface area contributed by atoms with Crippen LogP contribution in [0.3, 0.4) is 0 Å². The standard InChI is InChI=1S/C11H12ClN3O/c12-9-7-14-15(8-9)4-5-16-11-3-1-2-10(13)6-11/h1-3,6-8H,4-5,13H2. The van der Waals surface area contributed by atoms with E-state index in [-0.39, 0.29) is 0 Å². The Hall–Kier alpha value is -1.68. The molecule has 0 aliphatic carbocycles. The molecule has 0 atom stereocenters. The summed E-state index contributed by atoms with van der Waals surface area (Å²) >= 11 is 5.74. The van der Waals surface area contributed by atoms with Crippen LogP contribution in [0.1, 0.15) is 0 Å². The fourth-order valence-corrected chi connectivity index (χ4v) is 1.48. The number of nitrogens with two attached hydrogens (primary N) is 1. The third-order valence-corrected chi connectivity index (χ3v) is 2.24. The van der Waals surface area contributed by atoms with E-state index in [4.69, 9.17) is 22.1 Å². The quantitative estimate of drug-likeness (QED) is 0.830. The van der Waals surface area contributed by atoms with Crippen molar-refractivity contribution >= 4 is 17.3 Å². The van der Waals surface area contributed by atoms with E-state index in [0.717, 1.165) is 5.75 Å². The van der Waals surface area contributed by atoms with Crippen molar-refractivity contribution in [2.45, 2.75) is 6.54 Å². The van der Waals surface area contributed by atoms with E-state index in [1.807, 2.05) is 18.2 Å².